The van der Waals surface area contributed by atoms with Crippen LogP contribution in [0.2, 0.25) is 0 Å². The fourth-order valence-corrected chi connectivity index (χ4v) is 2.19. The molecule has 1 N–H and O–H groups in total. The van der Waals surface area contributed by atoms with Crippen LogP contribution in [0.5, 0.6) is 0 Å². The molecule has 15 heavy (non-hydrogen) atoms. The Kier molecular flexibility index (Phi) is 3.24. The number of H-pyrrole nitrogens is 1. The number of rotatable bonds is 3. The van der Waals surface area contributed by atoms with E-state index in [1.165, 1.54) is 6.42 Å². The molecule has 1 aliphatic carbocycles. The zero-order valence-electron chi connectivity index (χ0n) is 8.85. The molecule has 0 unspecified atom stereocenters. The van der Waals surface area contributed by atoms with E-state index in [-0.39, 0.29) is 5.56 Å². The summed E-state index contributed by atoms with van der Waals surface area (Å²) in [5.41, 5.74) is 0.874. The first-order valence-electron chi connectivity index (χ1n) is 5.51. The van der Waals surface area contributed by atoms with E-state index in [1.807, 2.05) is 0 Å². The van der Waals surface area contributed by atoms with Crippen LogP contribution >= 0.6 is 15.9 Å². The lowest BCUT2D eigenvalue weighted by Crippen LogP contribution is -2.21. The molecule has 0 bridgehead atoms. The van der Waals surface area contributed by atoms with Crippen LogP contribution in [-0.4, -0.2) is 9.97 Å². The fourth-order valence-electron chi connectivity index (χ4n) is 1.80. The number of aromatic amines is 1. The number of hydrogen-bond acceptors (Lipinski definition) is 2. The molecule has 1 fully saturated rings. The Bertz CT molecular complexity index is 410. The standard InChI is InChI=1S/C11H15BrN2O/c1-2-4-8-9(12)11(15)14-10(13-8)7-5-3-6-7/h7H,2-6H2,1H3,(H,13,14,15). The first kappa shape index (κ1) is 10.9. The number of nitrogens with zero attached hydrogens (tertiary/aromatic N) is 1. The Morgan fingerprint density at radius 3 is 2.80 bits per heavy atom. The highest BCUT2D eigenvalue weighted by Crippen LogP contribution is 2.34. The van der Waals surface area contributed by atoms with E-state index in [1.54, 1.807) is 0 Å². The Labute approximate surface area is 97.4 Å². The van der Waals surface area contributed by atoms with Gasteiger partial charge in [-0.2, -0.15) is 0 Å². The summed E-state index contributed by atoms with van der Waals surface area (Å²) in [4.78, 5) is 19.0. The molecule has 0 atom stereocenters. The van der Waals surface area contributed by atoms with E-state index in [0.29, 0.717) is 10.4 Å². The molecular formula is C11H15BrN2O. The number of halogens is 1. The molecule has 0 aromatic carbocycles. The molecule has 0 radical (unpaired) electrons. The molecule has 1 heterocycles. The van der Waals surface area contributed by atoms with Gasteiger partial charge in [0.2, 0.25) is 0 Å². The smallest absolute Gasteiger partial charge is 0.265 e. The van der Waals surface area contributed by atoms with Crippen molar-refractivity contribution in [2.24, 2.45) is 0 Å². The van der Waals surface area contributed by atoms with Gasteiger partial charge < -0.3 is 4.98 Å². The molecule has 0 spiro atoms. The Morgan fingerprint density at radius 1 is 1.53 bits per heavy atom. The van der Waals surface area contributed by atoms with Gasteiger partial charge in [0, 0.05) is 5.92 Å². The monoisotopic (exact) mass is 270 g/mol. The Balaban J connectivity index is 2.36. The minimum absolute atomic E-state index is 0.0321. The maximum atomic E-state index is 11.6. The zero-order chi connectivity index (χ0) is 10.8. The third-order valence-corrected chi connectivity index (χ3v) is 3.75. The van der Waals surface area contributed by atoms with Crippen molar-refractivity contribution in [3.63, 3.8) is 0 Å². The van der Waals surface area contributed by atoms with Gasteiger partial charge in [-0.1, -0.05) is 19.8 Å². The molecule has 1 aliphatic rings. The molecule has 2 rings (SSSR count). The Morgan fingerprint density at radius 2 is 2.27 bits per heavy atom. The van der Waals surface area contributed by atoms with E-state index < -0.39 is 0 Å². The summed E-state index contributed by atoms with van der Waals surface area (Å²) in [5, 5.41) is 0. The highest BCUT2D eigenvalue weighted by Gasteiger charge is 2.23. The van der Waals surface area contributed by atoms with Gasteiger partial charge >= 0.3 is 0 Å². The molecule has 1 saturated carbocycles. The second kappa shape index (κ2) is 4.47. The molecule has 82 valence electrons. The highest BCUT2D eigenvalue weighted by molar-refractivity contribution is 9.10. The van der Waals surface area contributed by atoms with Crippen molar-refractivity contribution in [2.75, 3.05) is 0 Å². The molecule has 1 aromatic heterocycles. The van der Waals surface area contributed by atoms with E-state index >= 15 is 0 Å². The number of hydrogen-bond donors (Lipinski definition) is 1. The second-order valence-corrected chi connectivity index (χ2v) is 4.88. The predicted molar refractivity (Wildman–Crippen MR) is 63.1 cm³/mol. The third-order valence-electron chi connectivity index (χ3n) is 2.93. The molecule has 4 heteroatoms. The normalized spacial score (nSPS) is 16.4. The summed E-state index contributed by atoms with van der Waals surface area (Å²) in [7, 11) is 0. The summed E-state index contributed by atoms with van der Waals surface area (Å²) in [5.74, 6) is 1.37. The lowest BCUT2D eigenvalue weighted by atomic mass is 9.85. The summed E-state index contributed by atoms with van der Waals surface area (Å²) < 4.78 is 0.604. The maximum Gasteiger partial charge on any atom is 0.265 e. The van der Waals surface area contributed by atoms with Crippen molar-refractivity contribution < 1.29 is 0 Å². The third kappa shape index (κ3) is 2.14. The minimum atomic E-state index is -0.0321. The van der Waals surface area contributed by atoms with Crippen LogP contribution in [0.1, 0.15) is 50.0 Å². The van der Waals surface area contributed by atoms with Gasteiger partial charge in [-0.3, -0.25) is 4.79 Å². The lowest BCUT2D eigenvalue weighted by Gasteiger charge is -2.24. The molecule has 0 amide bonds. The molecule has 0 aliphatic heterocycles. The zero-order valence-corrected chi connectivity index (χ0v) is 10.4. The van der Waals surface area contributed by atoms with Crippen molar-refractivity contribution in [3.05, 3.63) is 26.3 Å². The first-order chi connectivity index (χ1) is 7.22. The van der Waals surface area contributed by atoms with Gasteiger partial charge in [0.25, 0.3) is 5.56 Å². The van der Waals surface area contributed by atoms with Crippen molar-refractivity contribution in [1.82, 2.24) is 9.97 Å². The van der Waals surface area contributed by atoms with Crippen LogP contribution in [0.15, 0.2) is 9.27 Å². The van der Waals surface area contributed by atoms with Crippen LogP contribution in [-0.2, 0) is 6.42 Å². The molecule has 0 saturated heterocycles. The van der Waals surface area contributed by atoms with Gasteiger partial charge in [0.15, 0.2) is 0 Å². The van der Waals surface area contributed by atoms with Crippen LogP contribution in [0.3, 0.4) is 0 Å². The van der Waals surface area contributed by atoms with Gasteiger partial charge in [-0.25, -0.2) is 4.98 Å². The summed E-state index contributed by atoms with van der Waals surface area (Å²) >= 11 is 3.30. The number of aromatic nitrogens is 2. The minimum Gasteiger partial charge on any atom is -0.309 e. The van der Waals surface area contributed by atoms with E-state index in [9.17, 15) is 4.79 Å². The van der Waals surface area contributed by atoms with Crippen molar-refractivity contribution in [1.29, 1.82) is 0 Å². The fraction of sp³-hybridized carbons (Fsp3) is 0.636. The topological polar surface area (TPSA) is 45.8 Å². The number of aryl methyl sites for hydroxylation is 1. The van der Waals surface area contributed by atoms with Crippen LogP contribution in [0, 0.1) is 0 Å². The Hall–Kier alpha value is -0.640. The van der Waals surface area contributed by atoms with E-state index in [0.717, 1.165) is 37.2 Å². The van der Waals surface area contributed by atoms with Crippen molar-refractivity contribution >= 4 is 15.9 Å². The quantitative estimate of drug-likeness (QED) is 0.918. The summed E-state index contributed by atoms with van der Waals surface area (Å²) in [6, 6.07) is 0. The van der Waals surface area contributed by atoms with Crippen molar-refractivity contribution in [3.8, 4) is 0 Å². The molecule has 1 aromatic rings. The van der Waals surface area contributed by atoms with E-state index in [2.05, 4.69) is 32.8 Å². The van der Waals surface area contributed by atoms with Crippen LogP contribution in [0.4, 0.5) is 0 Å². The highest BCUT2D eigenvalue weighted by atomic mass is 79.9. The molecular weight excluding hydrogens is 256 g/mol. The van der Waals surface area contributed by atoms with Gasteiger partial charge in [-0.05, 0) is 35.2 Å². The van der Waals surface area contributed by atoms with Crippen LogP contribution < -0.4 is 5.56 Å². The van der Waals surface area contributed by atoms with Gasteiger partial charge in [0.05, 0.1) is 5.69 Å². The summed E-state index contributed by atoms with van der Waals surface area (Å²) in [6.45, 7) is 2.10. The molecule has 3 nitrogen and oxygen atoms in total. The largest absolute Gasteiger partial charge is 0.309 e. The van der Waals surface area contributed by atoms with Gasteiger partial charge in [0.1, 0.15) is 10.3 Å². The first-order valence-corrected chi connectivity index (χ1v) is 6.30. The maximum absolute atomic E-state index is 11.6. The summed E-state index contributed by atoms with van der Waals surface area (Å²) in [6.07, 6.45) is 5.46. The average molecular weight is 271 g/mol. The van der Waals surface area contributed by atoms with Gasteiger partial charge in [-0.15, -0.1) is 0 Å². The SMILES string of the molecule is CCCc1nc(C2CCC2)[nH]c(=O)c1Br. The van der Waals surface area contributed by atoms with E-state index in [4.69, 9.17) is 0 Å². The van der Waals surface area contributed by atoms with Crippen LogP contribution in [0.25, 0.3) is 0 Å². The average Bonchev–Trinajstić information content (AvgIpc) is 2.11. The predicted octanol–water partition coefficient (Wildman–Crippen LogP) is 2.75. The lowest BCUT2D eigenvalue weighted by molar-refractivity contribution is 0.399. The second-order valence-electron chi connectivity index (χ2n) is 4.09. The number of nitrogens with one attached hydrogen (secondary N) is 1. The van der Waals surface area contributed by atoms with Crippen molar-refractivity contribution in [2.45, 2.75) is 44.9 Å².